The molecule has 5 heteroatoms. The van der Waals surface area contributed by atoms with Crippen LogP contribution >= 0.6 is 0 Å². The summed E-state index contributed by atoms with van der Waals surface area (Å²) in [5, 5.41) is 0. The van der Waals surface area contributed by atoms with Crippen molar-refractivity contribution >= 4 is 5.97 Å². The van der Waals surface area contributed by atoms with Gasteiger partial charge < -0.3 is 19.9 Å². The third kappa shape index (κ3) is 1.62. The standard InChI is InChI=1S/C9H9NO4/c10-4-9(11)14-6-1-2-7-8(3-6)13-5-12-7/h1-3H,4-5,10H2. The van der Waals surface area contributed by atoms with Gasteiger partial charge in [-0.2, -0.15) is 0 Å². The number of carbonyl (C=O) groups excluding carboxylic acids is 1. The fraction of sp³-hybridized carbons (Fsp3) is 0.222. The molecule has 0 spiro atoms. The number of rotatable bonds is 2. The lowest BCUT2D eigenvalue weighted by Crippen LogP contribution is -2.19. The van der Waals surface area contributed by atoms with E-state index in [4.69, 9.17) is 19.9 Å². The van der Waals surface area contributed by atoms with Crippen LogP contribution in [-0.2, 0) is 4.79 Å². The summed E-state index contributed by atoms with van der Waals surface area (Å²) in [4.78, 5) is 10.9. The minimum Gasteiger partial charge on any atom is -0.454 e. The molecule has 1 heterocycles. The monoisotopic (exact) mass is 195 g/mol. The van der Waals surface area contributed by atoms with Crippen LogP contribution in [0.15, 0.2) is 18.2 Å². The second-order valence-electron chi connectivity index (χ2n) is 2.69. The van der Waals surface area contributed by atoms with Crippen molar-refractivity contribution in [2.75, 3.05) is 13.3 Å². The third-order valence-corrected chi connectivity index (χ3v) is 1.74. The van der Waals surface area contributed by atoms with Gasteiger partial charge in [0.1, 0.15) is 5.75 Å². The normalized spacial score (nSPS) is 12.6. The van der Waals surface area contributed by atoms with Crippen molar-refractivity contribution in [3.05, 3.63) is 18.2 Å². The van der Waals surface area contributed by atoms with Crippen LogP contribution in [0.5, 0.6) is 17.2 Å². The summed E-state index contributed by atoms with van der Waals surface area (Å²) in [7, 11) is 0. The Bertz CT molecular complexity index is 364. The Labute approximate surface area is 80.4 Å². The van der Waals surface area contributed by atoms with E-state index in [0.29, 0.717) is 17.2 Å². The summed E-state index contributed by atoms with van der Waals surface area (Å²) in [6.07, 6.45) is 0. The number of ether oxygens (including phenoxy) is 3. The van der Waals surface area contributed by atoms with E-state index < -0.39 is 5.97 Å². The summed E-state index contributed by atoms with van der Waals surface area (Å²) in [6.45, 7) is 0.0536. The highest BCUT2D eigenvalue weighted by atomic mass is 16.7. The molecule has 14 heavy (non-hydrogen) atoms. The Kier molecular flexibility index (Phi) is 2.24. The molecule has 2 N–H and O–H groups in total. The molecule has 0 aromatic heterocycles. The van der Waals surface area contributed by atoms with Gasteiger partial charge in [0.2, 0.25) is 6.79 Å². The molecule has 0 atom stereocenters. The molecule has 2 rings (SSSR count). The Morgan fingerprint density at radius 3 is 3.00 bits per heavy atom. The molecule has 0 saturated carbocycles. The van der Waals surface area contributed by atoms with E-state index in [-0.39, 0.29) is 13.3 Å². The quantitative estimate of drug-likeness (QED) is 0.542. The SMILES string of the molecule is NCC(=O)Oc1ccc2c(c1)OCO2. The van der Waals surface area contributed by atoms with Crippen LogP contribution in [0.3, 0.4) is 0 Å². The van der Waals surface area contributed by atoms with Crippen molar-refractivity contribution in [3.8, 4) is 17.2 Å². The molecule has 0 bridgehead atoms. The first-order chi connectivity index (χ1) is 6.79. The Morgan fingerprint density at radius 1 is 1.43 bits per heavy atom. The molecule has 5 nitrogen and oxygen atoms in total. The Balaban J connectivity index is 2.16. The zero-order chi connectivity index (χ0) is 9.97. The van der Waals surface area contributed by atoms with Gasteiger partial charge in [0.05, 0.1) is 6.54 Å². The number of fused-ring (bicyclic) bond motifs is 1. The summed E-state index contributed by atoms with van der Waals surface area (Å²) in [5.74, 6) is 1.15. The molecule has 74 valence electrons. The summed E-state index contributed by atoms with van der Waals surface area (Å²) in [6, 6.07) is 4.90. The molecule has 1 aliphatic rings. The molecule has 1 aliphatic heterocycles. The topological polar surface area (TPSA) is 70.8 Å². The van der Waals surface area contributed by atoms with Crippen LogP contribution in [0.2, 0.25) is 0 Å². The van der Waals surface area contributed by atoms with Crippen LogP contribution in [0, 0.1) is 0 Å². The maximum absolute atomic E-state index is 10.9. The molecule has 0 radical (unpaired) electrons. The number of hydrogen-bond acceptors (Lipinski definition) is 5. The molecule has 1 aromatic carbocycles. The average molecular weight is 195 g/mol. The number of benzene rings is 1. The predicted octanol–water partition coefficient (Wildman–Crippen LogP) is 0.279. The van der Waals surface area contributed by atoms with Gasteiger partial charge in [0.25, 0.3) is 0 Å². The lowest BCUT2D eigenvalue weighted by molar-refractivity contribution is -0.132. The first kappa shape index (κ1) is 8.83. The van der Waals surface area contributed by atoms with Gasteiger partial charge in [0, 0.05) is 6.07 Å². The van der Waals surface area contributed by atoms with E-state index in [1.807, 2.05) is 0 Å². The van der Waals surface area contributed by atoms with E-state index in [1.165, 1.54) is 0 Å². The average Bonchev–Trinajstić information content (AvgIpc) is 2.64. The van der Waals surface area contributed by atoms with Crippen molar-refractivity contribution in [1.29, 1.82) is 0 Å². The van der Waals surface area contributed by atoms with E-state index >= 15 is 0 Å². The van der Waals surface area contributed by atoms with Gasteiger partial charge in [-0.3, -0.25) is 4.79 Å². The van der Waals surface area contributed by atoms with Crippen molar-refractivity contribution in [3.63, 3.8) is 0 Å². The maximum atomic E-state index is 10.9. The van der Waals surface area contributed by atoms with Gasteiger partial charge in [-0.05, 0) is 12.1 Å². The first-order valence-corrected chi connectivity index (χ1v) is 4.10. The smallest absolute Gasteiger partial charge is 0.325 e. The zero-order valence-electron chi connectivity index (χ0n) is 7.36. The van der Waals surface area contributed by atoms with Crippen LogP contribution in [0.25, 0.3) is 0 Å². The van der Waals surface area contributed by atoms with E-state index in [9.17, 15) is 4.79 Å². The molecule has 1 aromatic rings. The van der Waals surface area contributed by atoms with Gasteiger partial charge in [-0.1, -0.05) is 0 Å². The van der Waals surface area contributed by atoms with Crippen LogP contribution in [0.1, 0.15) is 0 Å². The first-order valence-electron chi connectivity index (χ1n) is 4.10. The zero-order valence-corrected chi connectivity index (χ0v) is 7.36. The van der Waals surface area contributed by atoms with Crippen molar-refractivity contribution in [2.24, 2.45) is 5.73 Å². The van der Waals surface area contributed by atoms with Crippen molar-refractivity contribution < 1.29 is 19.0 Å². The van der Waals surface area contributed by atoms with Crippen molar-refractivity contribution in [1.82, 2.24) is 0 Å². The molecular weight excluding hydrogens is 186 g/mol. The minimum atomic E-state index is -0.483. The lowest BCUT2D eigenvalue weighted by Gasteiger charge is -2.02. The third-order valence-electron chi connectivity index (χ3n) is 1.74. The number of hydrogen-bond donors (Lipinski definition) is 1. The highest BCUT2D eigenvalue weighted by Crippen LogP contribution is 2.34. The van der Waals surface area contributed by atoms with E-state index in [0.717, 1.165) is 0 Å². The predicted molar refractivity (Wildman–Crippen MR) is 47.3 cm³/mol. The lowest BCUT2D eigenvalue weighted by atomic mass is 10.3. The molecule has 0 aliphatic carbocycles. The molecule has 0 unspecified atom stereocenters. The number of carbonyl (C=O) groups is 1. The van der Waals surface area contributed by atoms with Gasteiger partial charge in [0.15, 0.2) is 11.5 Å². The van der Waals surface area contributed by atoms with E-state index in [1.54, 1.807) is 18.2 Å². The molecule has 0 saturated heterocycles. The van der Waals surface area contributed by atoms with Crippen LogP contribution < -0.4 is 19.9 Å². The molecular formula is C9H9NO4. The summed E-state index contributed by atoms with van der Waals surface area (Å²) < 4.78 is 15.1. The fourth-order valence-corrected chi connectivity index (χ4v) is 1.11. The number of esters is 1. The van der Waals surface area contributed by atoms with Gasteiger partial charge in [-0.15, -0.1) is 0 Å². The summed E-state index contributed by atoms with van der Waals surface area (Å²) in [5.41, 5.74) is 5.10. The van der Waals surface area contributed by atoms with Gasteiger partial charge in [-0.25, -0.2) is 0 Å². The Hall–Kier alpha value is -1.75. The largest absolute Gasteiger partial charge is 0.454 e. The van der Waals surface area contributed by atoms with Gasteiger partial charge >= 0.3 is 5.97 Å². The highest BCUT2D eigenvalue weighted by molar-refractivity contribution is 5.74. The molecule has 0 fully saturated rings. The fourth-order valence-electron chi connectivity index (χ4n) is 1.11. The molecule has 0 amide bonds. The highest BCUT2D eigenvalue weighted by Gasteiger charge is 2.14. The van der Waals surface area contributed by atoms with E-state index in [2.05, 4.69) is 0 Å². The van der Waals surface area contributed by atoms with Crippen LogP contribution in [0.4, 0.5) is 0 Å². The maximum Gasteiger partial charge on any atom is 0.325 e. The second kappa shape index (κ2) is 3.55. The Morgan fingerprint density at radius 2 is 2.21 bits per heavy atom. The summed E-state index contributed by atoms with van der Waals surface area (Å²) >= 11 is 0. The van der Waals surface area contributed by atoms with Crippen LogP contribution in [-0.4, -0.2) is 19.3 Å². The van der Waals surface area contributed by atoms with Crippen molar-refractivity contribution in [2.45, 2.75) is 0 Å². The minimum absolute atomic E-state index is 0.144. The number of nitrogens with two attached hydrogens (primary N) is 1. The second-order valence-corrected chi connectivity index (χ2v) is 2.69.